The summed E-state index contributed by atoms with van der Waals surface area (Å²) < 4.78 is 15.1. The number of hydrogen-bond donors (Lipinski definition) is 1. The lowest BCUT2D eigenvalue weighted by Crippen LogP contribution is -2.03. The van der Waals surface area contributed by atoms with E-state index in [0.717, 1.165) is 11.3 Å². The van der Waals surface area contributed by atoms with Crippen molar-refractivity contribution in [3.8, 4) is 5.69 Å². The van der Waals surface area contributed by atoms with Crippen molar-refractivity contribution < 1.29 is 4.39 Å². The third-order valence-corrected chi connectivity index (χ3v) is 2.27. The number of nitrogens with zero attached hydrogens (tertiary/aromatic N) is 2. The van der Waals surface area contributed by atoms with E-state index >= 15 is 0 Å². The Bertz CT molecular complexity index is 456. The molecule has 2 rings (SSSR count). The molecule has 0 aliphatic heterocycles. The molecule has 0 amide bonds. The lowest BCUT2D eigenvalue weighted by atomic mass is 10.2. The monoisotopic (exact) mass is 205 g/mol. The quantitative estimate of drug-likeness (QED) is 0.812. The minimum absolute atomic E-state index is 0.276. The molecule has 0 spiro atoms. The normalized spacial score (nSPS) is 10.6. The van der Waals surface area contributed by atoms with Crippen molar-refractivity contribution in [3.63, 3.8) is 0 Å². The average molecular weight is 205 g/mol. The van der Waals surface area contributed by atoms with Gasteiger partial charge >= 0.3 is 0 Å². The Kier molecular flexibility index (Phi) is 2.51. The third kappa shape index (κ3) is 1.76. The van der Waals surface area contributed by atoms with E-state index in [1.165, 1.54) is 10.7 Å². The Balaban J connectivity index is 2.53. The van der Waals surface area contributed by atoms with Crippen LogP contribution in [0.5, 0.6) is 0 Å². The van der Waals surface area contributed by atoms with Crippen LogP contribution in [-0.2, 0) is 6.54 Å². The Labute approximate surface area is 87.3 Å². The molecular formula is C11H12FN3. The summed E-state index contributed by atoms with van der Waals surface area (Å²) in [6.07, 6.45) is 1.72. The second-order valence-electron chi connectivity index (χ2n) is 3.36. The summed E-state index contributed by atoms with van der Waals surface area (Å²) in [7, 11) is 0. The van der Waals surface area contributed by atoms with Gasteiger partial charge in [0.2, 0.25) is 0 Å². The molecule has 0 aliphatic carbocycles. The molecule has 2 aromatic rings. The van der Waals surface area contributed by atoms with Crippen LogP contribution in [0.4, 0.5) is 4.39 Å². The van der Waals surface area contributed by atoms with Gasteiger partial charge in [0.05, 0.1) is 5.69 Å². The van der Waals surface area contributed by atoms with E-state index < -0.39 is 0 Å². The lowest BCUT2D eigenvalue weighted by Gasteiger charge is -2.06. The fraction of sp³-hybridized carbons (Fsp3) is 0.182. The van der Waals surface area contributed by atoms with E-state index in [9.17, 15) is 4.39 Å². The van der Waals surface area contributed by atoms with Gasteiger partial charge in [-0.25, -0.2) is 9.07 Å². The zero-order valence-electron chi connectivity index (χ0n) is 8.44. The van der Waals surface area contributed by atoms with E-state index in [1.54, 1.807) is 18.3 Å². The summed E-state index contributed by atoms with van der Waals surface area (Å²) in [6.45, 7) is 2.21. The molecule has 4 heteroatoms. The molecule has 1 aromatic heterocycles. The van der Waals surface area contributed by atoms with Crippen molar-refractivity contribution in [2.24, 2.45) is 5.73 Å². The summed E-state index contributed by atoms with van der Waals surface area (Å²) in [4.78, 5) is 0. The topological polar surface area (TPSA) is 43.8 Å². The number of para-hydroxylation sites is 1. The maximum Gasteiger partial charge on any atom is 0.149 e. The van der Waals surface area contributed by atoms with E-state index in [1.807, 2.05) is 13.0 Å². The van der Waals surface area contributed by atoms with Gasteiger partial charge in [0, 0.05) is 12.7 Å². The first-order valence-corrected chi connectivity index (χ1v) is 4.72. The minimum Gasteiger partial charge on any atom is -0.325 e. The molecule has 1 aromatic carbocycles. The zero-order valence-corrected chi connectivity index (χ0v) is 8.44. The van der Waals surface area contributed by atoms with E-state index in [2.05, 4.69) is 5.10 Å². The molecule has 0 bridgehead atoms. The predicted molar refractivity (Wildman–Crippen MR) is 56.2 cm³/mol. The maximum atomic E-state index is 13.6. The molecule has 0 radical (unpaired) electrons. The highest BCUT2D eigenvalue weighted by Crippen LogP contribution is 2.17. The molecule has 0 saturated carbocycles. The van der Waals surface area contributed by atoms with Crippen LogP contribution in [0, 0.1) is 12.7 Å². The number of aryl methyl sites for hydroxylation is 1. The summed E-state index contributed by atoms with van der Waals surface area (Å²) in [6, 6.07) is 6.74. The SMILES string of the molecule is Cc1cccc(F)c1-n1ccc(CN)n1. The predicted octanol–water partition coefficient (Wildman–Crippen LogP) is 1.78. The van der Waals surface area contributed by atoms with Crippen LogP contribution >= 0.6 is 0 Å². The number of rotatable bonds is 2. The van der Waals surface area contributed by atoms with Crippen LogP contribution in [0.1, 0.15) is 11.3 Å². The smallest absolute Gasteiger partial charge is 0.149 e. The highest BCUT2D eigenvalue weighted by Gasteiger charge is 2.08. The highest BCUT2D eigenvalue weighted by atomic mass is 19.1. The van der Waals surface area contributed by atoms with Gasteiger partial charge in [-0.2, -0.15) is 5.10 Å². The van der Waals surface area contributed by atoms with Crippen LogP contribution in [0.25, 0.3) is 5.69 Å². The standard InChI is InChI=1S/C11H12FN3/c1-8-3-2-4-10(12)11(8)15-6-5-9(7-13)14-15/h2-6H,7,13H2,1H3. The second kappa shape index (κ2) is 3.82. The molecule has 0 aliphatic rings. The average Bonchev–Trinajstić information content (AvgIpc) is 2.66. The number of hydrogen-bond acceptors (Lipinski definition) is 2. The number of aromatic nitrogens is 2. The lowest BCUT2D eigenvalue weighted by molar-refractivity contribution is 0.608. The van der Waals surface area contributed by atoms with Crippen LogP contribution in [0.2, 0.25) is 0 Å². The molecular weight excluding hydrogens is 193 g/mol. The van der Waals surface area contributed by atoms with Gasteiger partial charge in [-0.05, 0) is 24.6 Å². The molecule has 0 atom stereocenters. The zero-order chi connectivity index (χ0) is 10.8. The first-order valence-electron chi connectivity index (χ1n) is 4.72. The van der Waals surface area contributed by atoms with Gasteiger partial charge in [-0.1, -0.05) is 12.1 Å². The minimum atomic E-state index is -0.276. The van der Waals surface area contributed by atoms with Crippen molar-refractivity contribution in [1.29, 1.82) is 0 Å². The van der Waals surface area contributed by atoms with E-state index in [4.69, 9.17) is 5.73 Å². The van der Waals surface area contributed by atoms with Crippen molar-refractivity contribution >= 4 is 0 Å². The molecule has 0 saturated heterocycles. The van der Waals surface area contributed by atoms with Crippen LogP contribution < -0.4 is 5.73 Å². The largest absolute Gasteiger partial charge is 0.325 e. The molecule has 15 heavy (non-hydrogen) atoms. The summed E-state index contributed by atoms with van der Waals surface area (Å²) >= 11 is 0. The van der Waals surface area contributed by atoms with Gasteiger partial charge in [0.1, 0.15) is 11.5 Å². The van der Waals surface area contributed by atoms with Crippen LogP contribution in [0.3, 0.4) is 0 Å². The fourth-order valence-corrected chi connectivity index (χ4v) is 1.51. The first kappa shape index (κ1) is 9.86. The molecule has 0 fully saturated rings. The number of halogens is 1. The summed E-state index contributed by atoms with van der Waals surface area (Å²) in [5.41, 5.74) is 7.53. The molecule has 1 heterocycles. The Morgan fingerprint density at radius 2 is 2.20 bits per heavy atom. The Morgan fingerprint density at radius 3 is 2.80 bits per heavy atom. The molecule has 2 N–H and O–H groups in total. The van der Waals surface area contributed by atoms with Crippen molar-refractivity contribution in [1.82, 2.24) is 9.78 Å². The second-order valence-corrected chi connectivity index (χ2v) is 3.36. The van der Waals surface area contributed by atoms with E-state index in [-0.39, 0.29) is 5.82 Å². The molecule has 0 unspecified atom stereocenters. The van der Waals surface area contributed by atoms with Crippen molar-refractivity contribution in [3.05, 3.63) is 47.5 Å². The summed E-state index contributed by atoms with van der Waals surface area (Å²) in [5, 5.41) is 4.17. The van der Waals surface area contributed by atoms with Gasteiger partial charge in [0.25, 0.3) is 0 Å². The first-order chi connectivity index (χ1) is 7.22. The van der Waals surface area contributed by atoms with Gasteiger partial charge < -0.3 is 5.73 Å². The highest BCUT2D eigenvalue weighted by molar-refractivity contribution is 5.40. The van der Waals surface area contributed by atoms with Gasteiger partial charge in [-0.15, -0.1) is 0 Å². The number of benzene rings is 1. The fourth-order valence-electron chi connectivity index (χ4n) is 1.51. The van der Waals surface area contributed by atoms with Gasteiger partial charge in [0.15, 0.2) is 0 Å². The molecule has 3 nitrogen and oxygen atoms in total. The van der Waals surface area contributed by atoms with E-state index in [0.29, 0.717) is 12.2 Å². The summed E-state index contributed by atoms with van der Waals surface area (Å²) in [5.74, 6) is -0.276. The Morgan fingerprint density at radius 1 is 1.40 bits per heavy atom. The number of nitrogens with two attached hydrogens (primary N) is 1. The van der Waals surface area contributed by atoms with Crippen LogP contribution in [-0.4, -0.2) is 9.78 Å². The van der Waals surface area contributed by atoms with Crippen molar-refractivity contribution in [2.75, 3.05) is 0 Å². The van der Waals surface area contributed by atoms with Crippen molar-refractivity contribution in [2.45, 2.75) is 13.5 Å². The van der Waals surface area contributed by atoms with Crippen LogP contribution in [0.15, 0.2) is 30.5 Å². The maximum absolute atomic E-state index is 13.6. The third-order valence-electron chi connectivity index (χ3n) is 2.27. The molecule has 78 valence electrons. The Hall–Kier alpha value is -1.68. The van der Waals surface area contributed by atoms with Gasteiger partial charge in [-0.3, -0.25) is 0 Å².